The molecular weight excluding hydrogens is 663 g/mol. The molecule has 0 saturated carbocycles. The Morgan fingerprint density at radius 2 is 0.473 bits per heavy atom. The van der Waals surface area contributed by atoms with Crippen LogP contribution in [0, 0.1) is 0 Å². The van der Waals surface area contributed by atoms with Crippen molar-refractivity contribution in [1.29, 1.82) is 0 Å². The fourth-order valence-electron chi connectivity index (χ4n) is 7.53. The third-order valence-corrected chi connectivity index (χ3v) is 10.3. The smallest absolute Gasteiger partial charge is 0.0462 e. The predicted molar refractivity (Wildman–Crippen MR) is 234 cm³/mol. The molecule has 0 fully saturated rings. The van der Waals surface area contributed by atoms with Crippen LogP contribution in [0.1, 0.15) is 0 Å². The molecule has 0 spiro atoms. The average molecular weight is 702 g/mol. The lowest BCUT2D eigenvalue weighted by atomic mass is 9.84. The molecule has 0 saturated heterocycles. The quantitative estimate of drug-likeness (QED) is 0.145. The summed E-state index contributed by atoms with van der Waals surface area (Å²) in [6, 6.07) is 84.9. The third-order valence-electron chi connectivity index (χ3n) is 10.3. The van der Waals surface area contributed by atoms with Crippen molar-refractivity contribution in [1.82, 2.24) is 0 Å². The zero-order chi connectivity index (χ0) is 36.8. The second-order valence-corrected chi connectivity index (χ2v) is 13.8. The van der Waals surface area contributed by atoms with E-state index in [0.29, 0.717) is 0 Å². The van der Waals surface area contributed by atoms with Crippen molar-refractivity contribution < 1.29 is 0 Å². The zero-order valence-electron chi connectivity index (χ0n) is 30.5. The molecule has 0 atom stereocenters. The average Bonchev–Trinajstić information content (AvgIpc) is 3.28. The topological polar surface area (TPSA) is 3.24 Å². The molecule has 0 N–H and O–H groups in total. The second kappa shape index (κ2) is 15.4. The molecule has 0 heterocycles. The van der Waals surface area contributed by atoms with Crippen LogP contribution in [0.4, 0.5) is 17.1 Å². The van der Waals surface area contributed by atoms with E-state index in [2.05, 4.69) is 241 Å². The van der Waals surface area contributed by atoms with Crippen LogP contribution in [-0.4, -0.2) is 0 Å². The van der Waals surface area contributed by atoms with Gasteiger partial charge in [-0.15, -0.1) is 0 Å². The van der Waals surface area contributed by atoms with E-state index in [1.165, 1.54) is 66.8 Å². The number of hydrogen-bond acceptors (Lipinski definition) is 1. The fraction of sp³-hybridized carbons (Fsp3) is 0. The van der Waals surface area contributed by atoms with Gasteiger partial charge in [0, 0.05) is 17.1 Å². The van der Waals surface area contributed by atoms with E-state index in [0.717, 1.165) is 17.1 Å². The molecule has 1 nitrogen and oxygen atoms in total. The fourth-order valence-corrected chi connectivity index (χ4v) is 7.53. The third kappa shape index (κ3) is 7.12. The molecule has 0 aliphatic heterocycles. The molecule has 9 aromatic rings. The minimum atomic E-state index is 1.11. The predicted octanol–water partition coefficient (Wildman–Crippen LogP) is 15.2. The van der Waals surface area contributed by atoms with Gasteiger partial charge in [-0.2, -0.15) is 0 Å². The summed E-state index contributed by atoms with van der Waals surface area (Å²) in [5, 5.41) is 0. The molecule has 260 valence electrons. The van der Waals surface area contributed by atoms with Crippen LogP contribution < -0.4 is 4.90 Å². The molecule has 0 aliphatic carbocycles. The van der Waals surface area contributed by atoms with Crippen molar-refractivity contribution in [3.8, 4) is 66.8 Å². The summed E-state index contributed by atoms with van der Waals surface area (Å²) < 4.78 is 0. The number of hydrogen-bond donors (Lipinski definition) is 0. The maximum absolute atomic E-state index is 2.35. The van der Waals surface area contributed by atoms with E-state index in [9.17, 15) is 0 Å². The Labute approximate surface area is 324 Å². The highest BCUT2D eigenvalue weighted by atomic mass is 15.1. The number of anilines is 3. The zero-order valence-corrected chi connectivity index (χ0v) is 30.5. The van der Waals surface area contributed by atoms with E-state index >= 15 is 0 Å². The monoisotopic (exact) mass is 701 g/mol. The lowest BCUT2D eigenvalue weighted by Crippen LogP contribution is -2.09. The maximum Gasteiger partial charge on any atom is 0.0462 e. The normalized spacial score (nSPS) is 10.9. The summed E-state index contributed by atoms with van der Waals surface area (Å²) in [6.07, 6.45) is 0. The van der Waals surface area contributed by atoms with Gasteiger partial charge < -0.3 is 4.90 Å². The van der Waals surface area contributed by atoms with Gasteiger partial charge in [0.1, 0.15) is 0 Å². The molecule has 0 aromatic heterocycles. The second-order valence-electron chi connectivity index (χ2n) is 13.8. The van der Waals surface area contributed by atoms with Gasteiger partial charge in [0.15, 0.2) is 0 Å². The van der Waals surface area contributed by atoms with Crippen LogP contribution in [0.15, 0.2) is 237 Å². The lowest BCUT2D eigenvalue weighted by Gasteiger charge is -2.26. The summed E-state index contributed by atoms with van der Waals surface area (Å²) in [4.78, 5) is 2.32. The van der Waals surface area contributed by atoms with Gasteiger partial charge in [0.2, 0.25) is 0 Å². The minimum Gasteiger partial charge on any atom is -0.311 e. The molecule has 0 unspecified atom stereocenters. The Kier molecular flexibility index (Phi) is 9.41. The lowest BCUT2D eigenvalue weighted by molar-refractivity contribution is 1.28. The van der Waals surface area contributed by atoms with Gasteiger partial charge in [-0.1, -0.05) is 188 Å². The van der Waals surface area contributed by atoms with Gasteiger partial charge in [-0.05, 0) is 115 Å². The molecule has 0 radical (unpaired) electrons. The van der Waals surface area contributed by atoms with Gasteiger partial charge in [0.05, 0.1) is 0 Å². The highest BCUT2D eigenvalue weighted by molar-refractivity contribution is 5.98. The Morgan fingerprint density at radius 1 is 0.200 bits per heavy atom. The molecular formula is C54H39N. The largest absolute Gasteiger partial charge is 0.311 e. The molecule has 0 aliphatic rings. The van der Waals surface area contributed by atoms with E-state index in [4.69, 9.17) is 0 Å². The van der Waals surface area contributed by atoms with Gasteiger partial charge >= 0.3 is 0 Å². The number of para-hydroxylation sites is 1. The summed E-state index contributed by atoms with van der Waals surface area (Å²) in [7, 11) is 0. The summed E-state index contributed by atoms with van der Waals surface area (Å²) >= 11 is 0. The SMILES string of the molecule is c1ccc(-c2ccc(N(c3ccccc3)c3ccc(-c4ccc(-c5c(-c6ccccc6)cc(-c6ccccc6)cc5-c5ccccc5)cc4)cc3)cc2)cc1. The molecule has 55 heavy (non-hydrogen) atoms. The van der Waals surface area contributed by atoms with Crippen molar-refractivity contribution >= 4 is 17.1 Å². The highest BCUT2D eigenvalue weighted by Gasteiger charge is 2.18. The Hall–Kier alpha value is -7.22. The van der Waals surface area contributed by atoms with E-state index in [1.807, 2.05) is 0 Å². The van der Waals surface area contributed by atoms with Crippen molar-refractivity contribution in [3.05, 3.63) is 237 Å². The Morgan fingerprint density at radius 3 is 0.873 bits per heavy atom. The van der Waals surface area contributed by atoms with Crippen LogP contribution in [0.25, 0.3) is 66.8 Å². The standard InChI is InChI=1S/C54H39N/c1-6-16-40(17-7-1)43-30-34-50(35-31-43)55(49-24-14-5-15-25-49)51-36-32-44(33-37-51)42-26-28-47(29-27-42)54-52(45-20-10-3-11-21-45)38-48(41-18-8-2-9-19-41)39-53(54)46-22-12-4-13-23-46/h1-39H. The minimum absolute atomic E-state index is 1.11. The molecule has 1 heteroatoms. The Bertz CT molecular complexity index is 2560. The molecule has 0 bridgehead atoms. The van der Waals surface area contributed by atoms with Gasteiger partial charge in [0.25, 0.3) is 0 Å². The molecule has 0 amide bonds. The van der Waals surface area contributed by atoms with E-state index in [-0.39, 0.29) is 0 Å². The highest BCUT2D eigenvalue weighted by Crippen LogP contribution is 2.44. The van der Waals surface area contributed by atoms with Crippen LogP contribution in [0.2, 0.25) is 0 Å². The number of rotatable bonds is 9. The maximum atomic E-state index is 2.35. The van der Waals surface area contributed by atoms with Crippen LogP contribution in [0.5, 0.6) is 0 Å². The Balaban J connectivity index is 1.08. The van der Waals surface area contributed by atoms with E-state index in [1.54, 1.807) is 0 Å². The molecule has 9 aromatic carbocycles. The van der Waals surface area contributed by atoms with Crippen LogP contribution in [-0.2, 0) is 0 Å². The van der Waals surface area contributed by atoms with Crippen molar-refractivity contribution in [2.24, 2.45) is 0 Å². The van der Waals surface area contributed by atoms with Crippen LogP contribution >= 0.6 is 0 Å². The van der Waals surface area contributed by atoms with Crippen molar-refractivity contribution in [2.45, 2.75) is 0 Å². The number of benzene rings is 9. The molecule has 9 rings (SSSR count). The number of nitrogens with zero attached hydrogens (tertiary/aromatic N) is 1. The van der Waals surface area contributed by atoms with Crippen molar-refractivity contribution in [3.63, 3.8) is 0 Å². The first kappa shape index (κ1) is 33.6. The van der Waals surface area contributed by atoms with Crippen LogP contribution in [0.3, 0.4) is 0 Å². The first-order chi connectivity index (χ1) is 27.3. The first-order valence-electron chi connectivity index (χ1n) is 18.8. The van der Waals surface area contributed by atoms with Gasteiger partial charge in [-0.25, -0.2) is 0 Å². The van der Waals surface area contributed by atoms with E-state index < -0.39 is 0 Å². The van der Waals surface area contributed by atoms with Gasteiger partial charge in [-0.3, -0.25) is 0 Å². The summed E-state index contributed by atoms with van der Waals surface area (Å²) in [6.45, 7) is 0. The summed E-state index contributed by atoms with van der Waals surface area (Å²) in [5.41, 5.74) is 17.8. The summed E-state index contributed by atoms with van der Waals surface area (Å²) in [5.74, 6) is 0. The van der Waals surface area contributed by atoms with Crippen molar-refractivity contribution in [2.75, 3.05) is 4.90 Å². The first-order valence-corrected chi connectivity index (χ1v) is 18.8.